The number of nitrogens with one attached hydrogen (secondary N) is 2. The van der Waals surface area contributed by atoms with E-state index in [9.17, 15) is 9.59 Å². The number of hydrogen-bond acceptors (Lipinski definition) is 4. The van der Waals surface area contributed by atoms with Gasteiger partial charge >= 0.3 is 0 Å². The first-order chi connectivity index (χ1) is 13.5. The normalized spacial score (nSPS) is 10.4. The minimum atomic E-state index is -0.280. The molecule has 0 atom stereocenters. The van der Waals surface area contributed by atoms with E-state index in [1.54, 1.807) is 42.7 Å². The van der Waals surface area contributed by atoms with Crippen LogP contribution in [-0.2, 0) is 11.3 Å². The first kappa shape index (κ1) is 19.7. The van der Waals surface area contributed by atoms with Crippen LogP contribution >= 0.6 is 15.9 Å². The number of anilines is 1. The van der Waals surface area contributed by atoms with E-state index in [4.69, 9.17) is 9.15 Å². The number of carbonyl (C=O) groups is 2. The summed E-state index contributed by atoms with van der Waals surface area (Å²) < 4.78 is 11.7. The van der Waals surface area contributed by atoms with Crippen LogP contribution in [0.15, 0.2) is 69.8 Å². The lowest BCUT2D eigenvalue weighted by atomic mass is 10.2. The Morgan fingerprint density at radius 2 is 1.89 bits per heavy atom. The zero-order valence-electron chi connectivity index (χ0n) is 15.2. The topological polar surface area (TPSA) is 80.6 Å². The van der Waals surface area contributed by atoms with Gasteiger partial charge in [-0.2, -0.15) is 0 Å². The van der Waals surface area contributed by atoms with Crippen molar-refractivity contribution in [2.45, 2.75) is 13.5 Å². The maximum absolute atomic E-state index is 12.1. The van der Waals surface area contributed by atoms with Gasteiger partial charge < -0.3 is 19.8 Å². The van der Waals surface area contributed by atoms with E-state index in [-0.39, 0.29) is 18.4 Å². The first-order valence-corrected chi connectivity index (χ1v) is 9.40. The smallest absolute Gasteiger partial charge is 0.262 e. The van der Waals surface area contributed by atoms with Gasteiger partial charge in [0.15, 0.2) is 6.61 Å². The molecule has 2 aromatic carbocycles. The van der Waals surface area contributed by atoms with Crippen molar-refractivity contribution >= 4 is 33.4 Å². The number of hydrogen-bond donors (Lipinski definition) is 2. The number of aryl methyl sites for hydroxylation is 1. The van der Waals surface area contributed by atoms with E-state index in [2.05, 4.69) is 26.6 Å². The van der Waals surface area contributed by atoms with Crippen LogP contribution in [0.2, 0.25) is 0 Å². The Bertz CT molecular complexity index is 953. The maximum atomic E-state index is 12.1. The molecule has 0 aliphatic carbocycles. The zero-order chi connectivity index (χ0) is 19.9. The van der Waals surface area contributed by atoms with Crippen LogP contribution in [0.25, 0.3) is 0 Å². The number of benzene rings is 2. The molecule has 0 saturated carbocycles. The fourth-order valence-electron chi connectivity index (χ4n) is 2.50. The molecule has 2 N–H and O–H groups in total. The minimum absolute atomic E-state index is 0.103. The fourth-order valence-corrected chi connectivity index (χ4v) is 2.98. The quantitative estimate of drug-likeness (QED) is 0.571. The molecule has 1 aromatic heterocycles. The molecule has 0 fully saturated rings. The van der Waals surface area contributed by atoms with E-state index in [1.807, 2.05) is 25.1 Å². The standard InChI is InChI=1S/C21H19BrN2O4/c1-14-11-16(22)6-9-19(14)28-13-20(25)24-17-7-4-15(5-8-17)21(26)23-12-18-3-2-10-27-18/h2-11H,12-13H2,1H3,(H,23,26)(H,24,25). The molecule has 0 bridgehead atoms. The zero-order valence-corrected chi connectivity index (χ0v) is 16.8. The third-order valence-corrected chi connectivity index (χ3v) is 4.42. The highest BCUT2D eigenvalue weighted by Gasteiger charge is 2.09. The molecule has 2 amide bonds. The third-order valence-electron chi connectivity index (χ3n) is 3.93. The third kappa shape index (κ3) is 5.47. The van der Waals surface area contributed by atoms with Crippen molar-refractivity contribution in [3.8, 4) is 5.75 Å². The lowest BCUT2D eigenvalue weighted by Crippen LogP contribution is -2.23. The predicted molar refractivity (Wildman–Crippen MR) is 109 cm³/mol. The van der Waals surface area contributed by atoms with Crippen LogP contribution in [-0.4, -0.2) is 18.4 Å². The molecule has 3 rings (SSSR count). The van der Waals surface area contributed by atoms with E-state index in [1.165, 1.54) is 0 Å². The van der Waals surface area contributed by atoms with Crippen molar-refractivity contribution in [2.24, 2.45) is 0 Å². The van der Waals surface area contributed by atoms with Gasteiger partial charge in [-0.15, -0.1) is 0 Å². The van der Waals surface area contributed by atoms with E-state index >= 15 is 0 Å². The van der Waals surface area contributed by atoms with Crippen LogP contribution in [0.1, 0.15) is 21.7 Å². The van der Waals surface area contributed by atoms with Crippen LogP contribution in [0, 0.1) is 6.92 Å². The molecular formula is C21H19BrN2O4. The molecular weight excluding hydrogens is 424 g/mol. The number of amides is 2. The van der Waals surface area contributed by atoms with Crippen molar-refractivity contribution < 1.29 is 18.7 Å². The van der Waals surface area contributed by atoms with Gasteiger partial charge in [0.2, 0.25) is 0 Å². The fraction of sp³-hybridized carbons (Fsp3) is 0.143. The molecule has 0 spiro atoms. The molecule has 0 radical (unpaired) electrons. The average Bonchev–Trinajstić information content (AvgIpc) is 3.19. The maximum Gasteiger partial charge on any atom is 0.262 e. The minimum Gasteiger partial charge on any atom is -0.483 e. The molecule has 3 aromatic rings. The first-order valence-electron chi connectivity index (χ1n) is 8.61. The summed E-state index contributed by atoms with van der Waals surface area (Å²) in [6.07, 6.45) is 1.56. The van der Waals surface area contributed by atoms with Crippen LogP contribution in [0.5, 0.6) is 5.75 Å². The summed E-state index contributed by atoms with van der Waals surface area (Å²) in [6, 6.07) is 15.8. The van der Waals surface area contributed by atoms with Crippen molar-refractivity contribution in [2.75, 3.05) is 11.9 Å². The predicted octanol–water partition coefficient (Wildman–Crippen LogP) is 4.30. The highest BCUT2D eigenvalue weighted by molar-refractivity contribution is 9.10. The SMILES string of the molecule is Cc1cc(Br)ccc1OCC(=O)Nc1ccc(C(=O)NCc2ccco2)cc1. The van der Waals surface area contributed by atoms with Gasteiger partial charge in [0.25, 0.3) is 11.8 Å². The van der Waals surface area contributed by atoms with Crippen LogP contribution < -0.4 is 15.4 Å². The van der Waals surface area contributed by atoms with Gasteiger partial charge in [0.1, 0.15) is 11.5 Å². The van der Waals surface area contributed by atoms with Crippen molar-refractivity contribution in [3.63, 3.8) is 0 Å². The molecule has 7 heteroatoms. The summed E-state index contributed by atoms with van der Waals surface area (Å²) in [7, 11) is 0. The molecule has 0 aliphatic rings. The lowest BCUT2D eigenvalue weighted by molar-refractivity contribution is -0.118. The van der Waals surface area contributed by atoms with Crippen molar-refractivity contribution in [3.05, 3.63) is 82.2 Å². The molecule has 0 saturated heterocycles. The summed E-state index contributed by atoms with van der Waals surface area (Å²) in [4.78, 5) is 24.2. The van der Waals surface area contributed by atoms with E-state index in [0.29, 0.717) is 29.3 Å². The largest absolute Gasteiger partial charge is 0.483 e. The van der Waals surface area contributed by atoms with Crippen molar-refractivity contribution in [1.82, 2.24) is 5.32 Å². The Balaban J connectivity index is 1.49. The Kier molecular flexibility index (Phi) is 6.49. The van der Waals surface area contributed by atoms with Gasteiger partial charge in [-0.1, -0.05) is 15.9 Å². The summed E-state index contributed by atoms with van der Waals surface area (Å²) in [6.45, 7) is 2.12. The summed E-state index contributed by atoms with van der Waals surface area (Å²) in [5, 5.41) is 5.51. The second-order valence-electron chi connectivity index (χ2n) is 6.09. The average molecular weight is 443 g/mol. The van der Waals surface area contributed by atoms with Crippen molar-refractivity contribution in [1.29, 1.82) is 0 Å². The summed E-state index contributed by atoms with van der Waals surface area (Å²) in [5.74, 6) is 0.834. The second-order valence-corrected chi connectivity index (χ2v) is 7.00. The number of carbonyl (C=O) groups excluding carboxylic acids is 2. The van der Waals surface area contributed by atoms with Gasteiger partial charge in [0.05, 0.1) is 12.8 Å². The lowest BCUT2D eigenvalue weighted by Gasteiger charge is -2.10. The Morgan fingerprint density at radius 3 is 2.57 bits per heavy atom. The van der Waals surface area contributed by atoms with Gasteiger partial charge in [-0.3, -0.25) is 9.59 Å². The van der Waals surface area contributed by atoms with Crippen LogP contribution in [0.4, 0.5) is 5.69 Å². The van der Waals surface area contributed by atoms with Gasteiger partial charge in [0, 0.05) is 15.7 Å². The number of furan rings is 1. The molecule has 28 heavy (non-hydrogen) atoms. The Hall–Kier alpha value is -3.06. The highest BCUT2D eigenvalue weighted by Crippen LogP contribution is 2.22. The summed E-state index contributed by atoms with van der Waals surface area (Å²) in [5.41, 5.74) is 2.02. The Labute approximate surface area is 171 Å². The molecule has 144 valence electrons. The summed E-state index contributed by atoms with van der Waals surface area (Å²) >= 11 is 3.39. The molecule has 6 nitrogen and oxygen atoms in total. The number of ether oxygens (including phenoxy) is 1. The number of rotatable bonds is 7. The molecule has 0 aliphatic heterocycles. The van der Waals surface area contributed by atoms with Gasteiger partial charge in [-0.05, 0) is 67.1 Å². The van der Waals surface area contributed by atoms with Crippen LogP contribution in [0.3, 0.4) is 0 Å². The molecule has 0 unspecified atom stereocenters. The Morgan fingerprint density at radius 1 is 1.11 bits per heavy atom. The van der Waals surface area contributed by atoms with E-state index < -0.39 is 0 Å². The highest BCUT2D eigenvalue weighted by atomic mass is 79.9. The van der Waals surface area contributed by atoms with Gasteiger partial charge in [-0.25, -0.2) is 0 Å². The second kappa shape index (κ2) is 9.23. The molecule has 1 heterocycles. The monoisotopic (exact) mass is 442 g/mol. The van der Waals surface area contributed by atoms with E-state index in [0.717, 1.165) is 10.0 Å². The number of halogens is 1.